The van der Waals surface area contributed by atoms with Crippen molar-refractivity contribution in [3.05, 3.63) is 94.5 Å². The van der Waals surface area contributed by atoms with Crippen molar-refractivity contribution in [1.82, 2.24) is 5.32 Å². The summed E-state index contributed by atoms with van der Waals surface area (Å²) in [6.45, 7) is 0.134. The normalized spacial score (nSPS) is 11.9. The second kappa shape index (κ2) is 12.9. The van der Waals surface area contributed by atoms with Crippen LogP contribution in [-0.4, -0.2) is 25.4 Å². The van der Waals surface area contributed by atoms with Crippen LogP contribution < -0.4 is 14.8 Å². The number of amides is 1. The van der Waals surface area contributed by atoms with Gasteiger partial charge in [0.1, 0.15) is 13.2 Å². The van der Waals surface area contributed by atoms with E-state index in [4.69, 9.17) is 27.5 Å². The van der Waals surface area contributed by atoms with Crippen LogP contribution in [-0.2, 0) is 22.6 Å². The van der Waals surface area contributed by atoms with Crippen LogP contribution in [0.1, 0.15) is 22.8 Å². The SMILES string of the molecule is C#CCOC(C(=O)NCCc1ccc(OCc2ccccc2)c(OC(F)(F)F)c1)c1ccc(Cl)cc1. The first-order valence-electron chi connectivity index (χ1n) is 10.9. The summed E-state index contributed by atoms with van der Waals surface area (Å²) in [6, 6.07) is 19.8. The Balaban J connectivity index is 1.65. The van der Waals surface area contributed by atoms with E-state index in [2.05, 4.69) is 16.0 Å². The van der Waals surface area contributed by atoms with Crippen LogP contribution in [0.5, 0.6) is 11.5 Å². The van der Waals surface area contributed by atoms with Crippen LogP contribution in [0.2, 0.25) is 5.02 Å². The van der Waals surface area contributed by atoms with Gasteiger partial charge in [0.25, 0.3) is 5.91 Å². The van der Waals surface area contributed by atoms with Crippen LogP contribution in [0.4, 0.5) is 13.2 Å². The number of hydrogen-bond acceptors (Lipinski definition) is 4. The molecule has 1 N–H and O–H groups in total. The Hall–Kier alpha value is -3.67. The molecule has 0 fully saturated rings. The number of terminal acetylenes is 1. The Kier molecular flexibility index (Phi) is 9.62. The molecule has 1 atom stereocenters. The van der Waals surface area contributed by atoms with E-state index >= 15 is 0 Å². The average Bonchev–Trinajstić information content (AvgIpc) is 2.84. The van der Waals surface area contributed by atoms with Crippen LogP contribution in [0.25, 0.3) is 0 Å². The van der Waals surface area contributed by atoms with Crippen LogP contribution >= 0.6 is 11.6 Å². The van der Waals surface area contributed by atoms with Crippen LogP contribution in [0.3, 0.4) is 0 Å². The molecular weight excluding hydrogens is 495 g/mol. The molecule has 0 aliphatic rings. The van der Waals surface area contributed by atoms with Gasteiger partial charge >= 0.3 is 6.36 Å². The van der Waals surface area contributed by atoms with Gasteiger partial charge in [0.15, 0.2) is 17.6 Å². The van der Waals surface area contributed by atoms with E-state index in [0.29, 0.717) is 16.1 Å². The lowest BCUT2D eigenvalue weighted by Crippen LogP contribution is -2.32. The molecule has 5 nitrogen and oxygen atoms in total. The minimum Gasteiger partial charge on any atom is -0.485 e. The summed E-state index contributed by atoms with van der Waals surface area (Å²) in [4.78, 5) is 12.7. The van der Waals surface area contributed by atoms with E-state index in [1.165, 1.54) is 12.1 Å². The fourth-order valence-corrected chi connectivity index (χ4v) is 3.41. The van der Waals surface area contributed by atoms with E-state index in [0.717, 1.165) is 5.56 Å². The molecule has 0 bridgehead atoms. The lowest BCUT2D eigenvalue weighted by molar-refractivity contribution is -0.275. The molecule has 3 rings (SSSR count). The van der Waals surface area contributed by atoms with Crippen molar-refractivity contribution >= 4 is 17.5 Å². The van der Waals surface area contributed by atoms with Crippen molar-refractivity contribution in [2.45, 2.75) is 25.5 Å². The highest BCUT2D eigenvalue weighted by Gasteiger charge is 2.32. The zero-order valence-electron chi connectivity index (χ0n) is 19.1. The average molecular weight is 518 g/mol. The number of alkyl halides is 3. The molecule has 3 aromatic rings. The van der Waals surface area contributed by atoms with Gasteiger partial charge in [0, 0.05) is 11.6 Å². The van der Waals surface area contributed by atoms with Crippen molar-refractivity contribution in [2.75, 3.05) is 13.2 Å². The third-order valence-electron chi connectivity index (χ3n) is 4.93. The minimum absolute atomic E-state index is 0.0468. The number of carbonyl (C=O) groups excluding carboxylic acids is 1. The standard InChI is InChI=1S/C27H23ClF3NO4/c1-2-16-34-25(21-9-11-22(28)12-10-21)26(33)32-15-14-19-8-13-23(24(17-19)36-27(29,30)31)35-18-20-6-4-3-5-7-20/h1,3-13,17,25H,14-16,18H2,(H,32,33). The van der Waals surface area contributed by atoms with E-state index in [1.54, 1.807) is 54.6 Å². The van der Waals surface area contributed by atoms with Gasteiger partial charge < -0.3 is 19.5 Å². The molecule has 0 aliphatic heterocycles. The van der Waals surface area contributed by atoms with Gasteiger partial charge in [0.05, 0.1) is 0 Å². The second-order valence-electron chi connectivity index (χ2n) is 7.59. The maximum atomic E-state index is 13.0. The summed E-state index contributed by atoms with van der Waals surface area (Å²) in [6.07, 6.45) is -0.365. The van der Waals surface area contributed by atoms with Gasteiger partial charge in [-0.15, -0.1) is 19.6 Å². The van der Waals surface area contributed by atoms with Crippen LogP contribution in [0, 0.1) is 12.3 Å². The molecule has 3 aromatic carbocycles. The summed E-state index contributed by atoms with van der Waals surface area (Å²) in [5.41, 5.74) is 1.87. The summed E-state index contributed by atoms with van der Waals surface area (Å²) in [5.74, 6) is 1.37. The molecule has 188 valence electrons. The third kappa shape index (κ3) is 8.52. The fourth-order valence-electron chi connectivity index (χ4n) is 3.28. The predicted molar refractivity (Wildman–Crippen MR) is 130 cm³/mol. The topological polar surface area (TPSA) is 56.8 Å². The molecule has 0 radical (unpaired) electrons. The van der Waals surface area contributed by atoms with Gasteiger partial charge in [-0.3, -0.25) is 4.79 Å². The fraction of sp³-hybridized carbons (Fsp3) is 0.222. The minimum atomic E-state index is -4.89. The van der Waals surface area contributed by atoms with Crippen molar-refractivity contribution in [1.29, 1.82) is 0 Å². The summed E-state index contributed by atoms with van der Waals surface area (Å²) in [5, 5.41) is 3.23. The first kappa shape index (κ1) is 26.9. The molecule has 0 spiro atoms. The molecule has 1 unspecified atom stereocenters. The Morgan fingerprint density at radius 2 is 1.72 bits per heavy atom. The first-order valence-corrected chi connectivity index (χ1v) is 11.3. The lowest BCUT2D eigenvalue weighted by Gasteiger charge is -2.18. The molecule has 0 heterocycles. The maximum Gasteiger partial charge on any atom is 0.573 e. The number of nitrogens with one attached hydrogen (secondary N) is 1. The van der Waals surface area contributed by atoms with Gasteiger partial charge in [-0.2, -0.15) is 0 Å². The quantitative estimate of drug-likeness (QED) is 0.323. The molecule has 36 heavy (non-hydrogen) atoms. The highest BCUT2D eigenvalue weighted by Crippen LogP contribution is 2.34. The van der Waals surface area contributed by atoms with Gasteiger partial charge in [0.2, 0.25) is 0 Å². The smallest absolute Gasteiger partial charge is 0.485 e. The van der Waals surface area contributed by atoms with E-state index in [9.17, 15) is 18.0 Å². The Morgan fingerprint density at radius 3 is 2.39 bits per heavy atom. The highest BCUT2D eigenvalue weighted by atomic mass is 35.5. The molecule has 9 heteroatoms. The van der Waals surface area contributed by atoms with E-state index < -0.39 is 24.1 Å². The van der Waals surface area contributed by atoms with Gasteiger partial charge in [-0.05, 0) is 47.4 Å². The van der Waals surface area contributed by atoms with Crippen molar-refractivity contribution in [3.63, 3.8) is 0 Å². The number of hydrogen-bond donors (Lipinski definition) is 1. The van der Waals surface area contributed by atoms with E-state index in [-0.39, 0.29) is 31.9 Å². The van der Waals surface area contributed by atoms with Gasteiger partial charge in [-0.1, -0.05) is 66.1 Å². The third-order valence-corrected chi connectivity index (χ3v) is 5.18. The van der Waals surface area contributed by atoms with E-state index in [1.807, 2.05) is 6.07 Å². The predicted octanol–water partition coefficient (Wildman–Crippen LogP) is 5.87. The summed E-state index contributed by atoms with van der Waals surface area (Å²) >= 11 is 5.90. The Labute approximate surface area is 212 Å². The van der Waals surface area contributed by atoms with Crippen molar-refractivity contribution < 1.29 is 32.2 Å². The zero-order valence-corrected chi connectivity index (χ0v) is 19.8. The van der Waals surface area contributed by atoms with Crippen molar-refractivity contribution in [2.24, 2.45) is 0 Å². The molecular formula is C27H23ClF3NO4. The monoisotopic (exact) mass is 517 g/mol. The molecule has 0 aliphatic carbocycles. The number of halogens is 4. The van der Waals surface area contributed by atoms with Crippen LogP contribution in [0.15, 0.2) is 72.8 Å². The molecule has 0 aromatic heterocycles. The number of benzene rings is 3. The zero-order chi connectivity index (χ0) is 26.0. The largest absolute Gasteiger partial charge is 0.573 e. The number of rotatable bonds is 11. The van der Waals surface area contributed by atoms with Crippen molar-refractivity contribution in [3.8, 4) is 23.8 Å². The molecule has 1 amide bonds. The first-order chi connectivity index (χ1) is 17.2. The van der Waals surface area contributed by atoms with Gasteiger partial charge in [-0.25, -0.2) is 0 Å². The Morgan fingerprint density at radius 1 is 1.00 bits per heavy atom. The summed E-state index contributed by atoms with van der Waals surface area (Å²) < 4.78 is 54.2. The second-order valence-corrected chi connectivity index (χ2v) is 8.03. The number of carbonyl (C=O) groups is 1. The number of ether oxygens (including phenoxy) is 3. The lowest BCUT2D eigenvalue weighted by atomic mass is 10.1. The molecule has 0 saturated carbocycles. The maximum absolute atomic E-state index is 13.0. The summed E-state index contributed by atoms with van der Waals surface area (Å²) in [7, 11) is 0. The Bertz CT molecular complexity index is 1180. The molecule has 0 saturated heterocycles. The highest BCUT2D eigenvalue weighted by molar-refractivity contribution is 6.30.